The average Bonchev–Trinajstić information content (AvgIpc) is 2.16. The van der Waals surface area contributed by atoms with Crippen molar-refractivity contribution in [3.63, 3.8) is 0 Å². The van der Waals surface area contributed by atoms with Crippen molar-refractivity contribution in [2.45, 2.75) is 0 Å². The highest BCUT2D eigenvalue weighted by Crippen LogP contribution is 2.33. The lowest BCUT2D eigenvalue weighted by Gasteiger charge is -2.04. The normalized spacial score (nSPS) is 10.4. The van der Waals surface area contributed by atoms with Crippen LogP contribution in [0.1, 0.15) is 0 Å². The van der Waals surface area contributed by atoms with Crippen LogP contribution in [0.4, 0.5) is 0 Å². The van der Waals surface area contributed by atoms with Crippen molar-refractivity contribution < 1.29 is 14.4 Å². The van der Waals surface area contributed by atoms with Gasteiger partial charge in [-0.25, -0.2) is 0 Å². The number of benzene rings is 2. The zero-order valence-corrected chi connectivity index (χ0v) is 10.6. The van der Waals surface area contributed by atoms with Gasteiger partial charge in [-0.1, -0.05) is 30.3 Å². The van der Waals surface area contributed by atoms with Gasteiger partial charge in [0, 0.05) is 0 Å². The molecule has 2 N–H and O–H groups in total. The summed E-state index contributed by atoms with van der Waals surface area (Å²) in [4.78, 5) is 17.9. The predicted octanol–water partition coefficient (Wildman–Crippen LogP) is 2.49. The smallest absolute Gasteiger partial charge is 0.321 e. The van der Waals surface area contributed by atoms with Crippen LogP contribution in [0.5, 0.6) is 0 Å². The molecule has 2 rings (SSSR count). The fraction of sp³-hybridized carbons (Fsp3) is 0. The molecule has 0 aliphatic carbocycles. The molecule has 0 bridgehead atoms. The fourth-order valence-corrected chi connectivity index (χ4v) is 1.93. The van der Waals surface area contributed by atoms with Gasteiger partial charge < -0.3 is 9.79 Å². The Bertz CT molecular complexity index is 524. The van der Waals surface area contributed by atoms with Gasteiger partial charge in [-0.15, -0.1) is 24.8 Å². The maximum Gasteiger partial charge on any atom is 0.356 e. The minimum Gasteiger partial charge on any atom is -0.321 e. The lowest BCUT2D eigenvalue weighted by atomic mass is 10.1. The van der Waals surface area contributed by atoms with Crippen molar-refractivity contribution >= 4 is 48.5 Å². The molecule has 6 heteroatoms. The van der Waals surface area contributed by atoms with E-state index in [1.807, 2.05) is 24.3 Å². The van der Waals surface area contributed by atoms with E-state index < -0.39 is 7.60 Å². The summed E-state index contributed by atoms with van der Waals surface area (Å²) < 4.78 is 11.0. The van der Waals surface area contributed by atoms with Crippen LogP contribution in [0.3, 0.4) is 0 Å². The number of hydrogen-bond donors (Lipinski definition) is 2. The van der Waals surface area contributed by atoms with E-state index in [1.54, 1.807) is 6.07 Å². The summed E-state index contributed by atoms with van der Waals surface area (Å²) in [6.45, 7) is 0. The van der Waals surface area contributed by atoms with Crippen LogP contribution >= 0.6 is 32.4 Å². The highest BCUT2D eigenvalue weighted by Gasteiger charge is 2.16. The Kier molecular flexibility index (Phi) is 5.47. The van der Waals surface area contributed by atoms with Gasteiger partial charge in [0.15, 0.2) is 0 Å². The van der Waals surface area contributed by atoms with Crippen LogP contribution in [-0.4, -0.2) is 9.79 Å². The molecule has 0 spiro atoms. The van der Waals surface area contributed by atoms with Crippen LogP contribution in [-0.2, 0) is 4.57 Å². The summed E-state index contributed by atoms with van der Waals surface area (Å²) in [5.41, 5.74) is 0. The summed E-state index contributed by atoms with van der Waals surface area (Å²) in [7, 11) is -4.12. The molecule has 0 heterocycles. The van der Waals surface area contributed by atoms with Gasteiger partial charge in [0.1, 0.15) is 0 Å². The van der Waals surface area contributed by atoms with Gasteiger partial charge in [-0.3, -0.25) is 4.57 Å². The van der Waals surface area contributed by atoms with E-state index in [0.717, 1.165) is 10.8 Å². The Hall–Kier alpha value is -0.570. The van der Waals surface area contributed by atoms with Crippen molar-refractivity contribution in [3.8, 4) is 0 Å². The second-order valence-corrected chi connectivity index (χ2v) is 4.68. The van der Waals surface area contributed by atoms with E-state index in [9.17, 15) is 4.57 Å². The fourth-order valence-electron chi connectivity index (χ4n) is 1.36. The molecule has 0 unspecified atom stereocenters. The monoisotopic (exact) mass is 280 g/mol. The highest BCUT2D eigenvalue weighted by molar-refractivity contribution is 7.60. The van der Waals surface area contributed by atoms with Crippen molar-refractivity contribution in [3.05, 3.63) is 42.5 Å². The summed E-state index contributed by atoms with van der Waals surface area (Å²) in [6.07, 6.45) is 0. The lowest BCUT2D eigenvalue weighted by Crippen LogP contribution is -2.02. The minimum absolute atomic E-state index is 0. The van der Waals surface area contributed by atoms with Crippen molar-refractivity contribution in [2.75, 3.05) is 0 Å². The molecule has 0 aliphatic rings. The molecule has 0 saturated carbocycles. The van der Waals surface area contributed by atoms with E-state index in [2.05, 4.69) is 0 Å². The molecular weight excluding hydrogens is 270 g/mol. The Morgan fingerprint density at radius 2 is 1.44 bits per heavy atom. The van der Waals surface area contributed by atoms with Crippen LogP contribution in [0.25, 0.3) is 10.8 Å². The van der Waals surface area contributed by atoms with Crippen molar-refractivity contribution in [1.29, 1.82) is 0 Å². The second-order valence-electron chi connectivity index (χ2n) is 3.08. The van der Waals surface area contributed by atoms with Gasteiger partial charge in [-0.05, 0) is 22.9 Å². The third-order valence-corrected chi connectivity index (χ3v) is 3.02. The molecular formula is C10H11Cl2O3P. The first-order valence-corrected chi connectivity index (χ1v) is 5.73. The van der Waals surface area contributed by atoms with Crippen LogP contribution < -0.4 is 5.30 Å². The van der Waals surface area contributed by atoms with Crippen molar-refractivity contribution in [2.24, 2.45) is 0 Å². The lowest BCUT2D eigenvalue weighted by molar-refractivity contribution is 0.387. The molecule has 0 fully saturated rings. The Morgan fingerprint density at radius 3 is 2.00 bits per heavy atom. The van der Waals surface area contributed by atoms with Gasteiger partial charge in [0.05, 0.1) is 5.30 Å². The van der Waals surface area contributed by atoms with E-state index in [0.29, 0.717) is 0 Å². The average molecular weight is 281 g/mol. The molecule has 0 atom stereocenters. The first-order valence-electron chi connectivity index (χ1n) is 4.12. The maximum atomic E-state index is 11.0. The molecule has 0 amide bonds. The highest BCUT2D eigenvalue weighted by atomic mass is 35.5. The zero-order chi connectivity index (χ0) is 10.2. The first-order chi connectivity index (χ1) is 6.57. The first kappa shape index (κ1) is 15.4. The van der Waals surface area contributed by atoms with Crippen LogP contribution in [0.2, 0.25) is 0 Å². The molecule has 2 aromatic carbocycles. The predicted molar refractivity (Wildman–Crippen MR) is 70.1 cm³/mol. The molecule has 3 nitrogen and oxygen atoms in total. The van der Waals surface area contributed by atoms with Crippen LogP contribution in [0, 0.1) is 0 Å². The Morgan fingerprint density at radius 1 is 0.875 bits per heavy atom. The summed E-state index contributed by atoms with van der Waals surface area (Å²) in [6, 6.07) is 12.2. The molecule has 2 aromatic rings. The molecule has 0 aliphatic heterocycles. The van der Waals surface area contributed by atoms with Crippen LogP contribution in [0.15, 0.2) is 42.5 Å². The molecule has 0 aromatic heterocycles. The molecule has 0 radical (unpaired) electrons. The summed E-state index contributed by atoms with van der Waals surface area (Å²) >= 11 is 0. The van der Waals surface area contributed by atoms with Gasteiger partial charge in [0.25, 0.3) is 0 Å². The van der Waals surface area contributed by atoms with Gasteiger partial charge >= 0.3 is 7.60 Å². The van der Waals surface area contributed by atoms with E-state index >= 15 is 0 Å². The standard InChI is InChI=1S/C10H9O3P.2ClH/c11-14(12,13)10-6-5-8-3-1-2-4-9(8)7-10;;/h1-7H,(H2,11,12,13);2*1H. The molecule has 0 saturated heterocycles. The number of rotatable bonds is 1. The zero-order valence-electron chi connectivity index (χ0n) is 8.11. The number of halogens is 2. The quantitative estimate of drug-likeness (QED) is 0.789. The third-order valence-electron chi connectivity index (χ3n) is 2.07. The third kappa shape index (κ3) is 3.21. The topological polar surface area (TPSA) is 57.5 Å². The van der Waals surface area contributed by atoms with Gasteiger partial charge in [0.2, 0.25) is 0 Å². The van der Waals surface area contributed by atoms with E-state index in [4.69, 9.17) is 9.79 Å². The maximum absolute atomic E-state index is 11.0. The molecule has 16 heavy (non-hydrogen) atoms. The molecule has 88 valence electrons. The van der Waals surface area contributed by atoms with Gasteiger partial charge in [-0.2, -0.15) is 0 Å². The summed E-state index contributed by atoms with van der Waals surface area (Å²) in [5.74, 6) is 0. The number of hydrogen-bond acceptors (Lipinski definition) is 1. The van der Waals surface area contributed by atoms with E-state index in [1.165, 1.54) is 12.1 Å². The second kappa shape index (κ2) is 5.67. The minimum atomic E-state index is -4.12. The Labute approximate surface area is 105 Å². The largest absolute Gasteiger partial charge is 0.356 e. The summed E-state index contributed by atoms with van der Waals surface area (Å²) in [5, 5.41) is 1.88. The SMILES string of the molecule is Cl.Cl.O=P(O)(O)c1ccc2ccccc2c1. The van der Waals surface area contributed by atoms with E-state index in [-0.39, 0.29) is 30.1 Å². The number of fused-ring (bicyclic) bond motifs is 1. The Balaban J connectivity index is 0.00000112. The van der Waals surface area contributed by atoms with Crippen molar-refractivity contribution in [1.82, 2.24) is 0 Å².